The van der Waals surface area contributed by atoms with Gasteiger partial charge in [0.25, 0.3) is 0 Å². The molecule has 0 aliphatic heterocycles. The third kappa shape index (κ3) is 4.25. The van der Waals surface area contributed by atoms with Crippen molar-refractivity contribution in [1.29, 1.82) is 0 Å². The number of hydrogen-bond acceptors (Lipinski definition) is 2. The van der Waals surface area contributed by atoms with E-state index < -0.39 is 0 Å². The van der Waals surface area contributed by atoms with E-state index in [0.717, 1.165) is 5.92 Å². The van der Waals surface area contributed by atoms with Crippen molar-refractivity contribution >= 4 is 11.8 Å². The molecular weight excluding hydrogens is 252 g/mol. The van der Waals surface area contributed by atoms with Gasteiger partial charge in [-0.05, 0) is 24.0 Å². The molecule has 2 heteroatoms. The molecular formula is C17H26OS. The first-order valence-electron chi connectivity index (χ1n) is 7.58. The summed E-state index contributed by atoms with van der Waals surface area (Å²) in [6.45, 7) is 4.39. The van der Waals surface area contributed by atoms with E-state index in [1.807, 2.05) is 6.07 Å². The molecule has 1 aromatic carbocycles. The first kappa shape index (κ1) is 14.9. The third-order valence-corrected chi connectivity index (χ3v) is 5.67. The lowest BCUT2D eigenvalue weighted by atomic mass is 9.78. The van der Waals surface area contributed by atoms with Crippen molar-refractivity contribution in [2.45, 2.75) is 62.2 Å². The van der Waals surface area contributed by atoms with Crippen molar-refractivity contribution in [3.63, 3.8) is 0 Å². The van der Waals surface area contributed by atoms with Crippen LogP contribution in [0.3, 0.4) is 0 Å². The quantitative estimate of drug-likeness (QED) is 0.785. The standard InChI is InChI=1S/C17H26OS/c1-13(15-9-5-3-6-10-15)17(18)14(2)19-16-11-7-4-8-12-16/h4,7-8,11-15,17-18H,3,5-6,9-10H2,1-2H3/t13-,14+,17-/m1/s1. The minimum atomic E-state index is -0.201. The molecule has 0 spiro atoms. The van der Waals surface area contributed by atoms with E-state index in [4.69, 9.17) is 0 Å². The van der Waals surface area contributed by atoms with Crippen LogP contribution in [-0.4, -0.2) is 16.5 Å². The van der Waals surface area contributed by atoms with Gasteiger partial charge in [-0.3, -0.25) is 0 Å². The molecule has 0 bridgehead atoms. The van der Waals surface area contributed by atoms with Gasteiger partial charge in [0, 0.05) is 10.1 Å². The fourth-order valence-corrected chi connectivity index (χ4v) is 4.28. The zero-order chi connectivity index (χ0) is 13.7. The van der Waals surface area contributed by atoms with Crippen LogP contribution in [0.15, 0.2) is 35.2 Å². The predicted molar refractivity (Wildman–Crippen MR) is 83.5 cm³/mol. The summed E-state index contributed by atoms with van der Waals surface area (Å²) in [6, 6.07) is 10.4. The fourth-order valence-electron chi connectivity index (χ4n) is 3.15. The summed E-state index contributed by atoms with van der Waals surface area (Å²) in [6.07, 6.45) is 6.49. The van der Waals surface area contributed by atoms with Gasteiger partial charge >= 0.3 is 0 Å². The molecule has 1 saturated carbocycles. The Bertz CT molecular complexity index is 359. The lowest BCUT2D eigenvalue weighted by molar-refractivity contribution is 0.0703. The van der Waals surface area contributed by atoms with Crippen LogP contribution in [0.1, 0.15) is 46.0 Å². The van der Waals surface area contributed by atoms with Gasteiger partial charge in [-0.2, -0.15) is 0 Å². The minimum absolute atomic E-state index is 0.201. The Morgan fingerprint density at radius 3 is 2.32 bits per heavy atom. The molecule has 0 heterocycles. The van der Waals surface area contributed by atoms with Gasteiger partial charge in [0.1, 0.15) is 0 Å². The molecule has 1 fully saturated rings. The summed E-state index contributed by atoms with van der Waals surface area (Å²) < 4.78 is 0. The highest BCUT2D eigenvalue weighted by molar-refractivity contribution is 8.00. The van der Waals surface area contributed by atoms with Gasteiger partial charge in [-0.25, -0.2) is 0 Å². The van der Waals surface area contributed by atoms with Crippen LogP contribution in [0.5, 0.6) is 0 Å². The molecule has 0 radical (unpaired) electrons. The van der Waals surface area contributed by atoms with E-state index in [1.54, 1.807) is 11.8 Å². The Morgan fingerprint density at radius 2 is 1.68 bits per heavy atom. The smallest absolute Gasteiger partial charge is 0.0687 e. The average molecular weight is 278 g/mol. The van der Waals surface area contributed by atoms with Crippen LogP contribution >= 0.6 is 11.8 Å². The number of thioether (sulfide) groups is 1. The van der Waals surface area contributed by atoms with Crippen molar-refractivity contribution < 1.29 is 5.11 Å². The third-order valence-electron chi connectivity index (χ3n) is 4.48. The highest BCUT2D eigenvalue weighted by atomic mass is 32.2. The van der Waals surface area contributed by atoms with Crippen molar-refractivity contribution in [2.24, 2.45) is 11.8 Å². The second kappa shape index (κ2) is 7.35. The van der Waals surface area contributed by atoms with E-state index in [1.165, 1.54) is 37.0 Å². The second-order valence-electron chi connectivity index (χ2n) is 5.88. The Hall–Kier alpha value is -0.470. The maximum absolute atomic E-state index is 10.6. The lowest BCUT2D eigenvalue weighted by Gasteiger charge is -2.33. The van der Waals surface area contributed by atoms with Crippen molar-refractivity contribution in [3.8, 4) is 0 Å². The molecule has 0 saturated heterocycles. The first-order valence-corrected chi connectivity index (χ1v) is 8.46. The van der Waals surface area contributed by atoms with Crippen LogP contribution in [-0.2, 0) is 0 Å². The Morgan fingerprint density at radius 1 is 1.05 bits per heavy atom. The topological polar surface area (TPSA) is 20.2 Å². The summed E-state index contributed by atoms with van der Waals surface area (Å²) in [5.74, 6) is 1.15. The van der Waals surface area contributed by atoms with Crippen molar-refractivity contribution in [1.82, 2.24) is 0 Å². The number of rotatable bonds is 5. The largest absolute Gasteiger partial charge is 0.392 e. The number of aliphatic hydroxyl groups excluding tert-OH is 1. The lowest BCUT2D eigenvalue weighted by Crippen LogP contribution is -2.33. The summed E-state index contributed by atoms with van der Waals surface area (Å²) in [5.41, 5.74) is 0. The van der Waals surface area contributed by atoms with Gasteiger partial charge in [0.2, 0.25) is 0 Å². The van der Waals surface area contributed by atoms with Crippen molar-refractivity contribution in [2.75, 3.05) is 0 Å². The molecule has 106 valence electrons. The highest BCUT2D eigenvalue weighted by Gasteiger charge is 2.29. The van der Waals surface area contributed by atoms with Crippen LogP contribution in [0.25, 0.3) is 0 Å². The van der Waals surface area contributed by atoms with Crippen LogP contribution in [0.4, 0.5) is 0 Å². The van der Waals surface area contributed by atoms with E-state index >= 15 is 0 Å². The molecule has 1 aliphatic rings. The second-order valence-corrected chi connectivity index (χ2v) is 7.33. The maximum Gasteiger partial charge on any atom is 0.0687 e. The van der Waals surface area contributed by atoms with Gasteiger partial charge < -0.3 is 5.11 Å². The zero-order valence-corrected chi connectivity index (χ0v) is 12.9. The Kier molecular flexibility index (Phi) is 5.77. The normalized spacial score (nSPS) is 21.8. The molecule has 0 amide bonds. The van der Waals surface area contributed by atoms with Crippen LogP contribution in [0.2, 0.25) is 0 Å². The van der Waals surface area contributed by atoms with Gasteiger partial charge in [-0.1, -0.05) is 64.2 Å². The summed E-state index contributed by atoms with van der Waals surface area (Å²) in [4.78, 5) is 1.25. The van der Waals surface area contributed by atoms with Crippen LogP contribution in [0, 0.1) is 11.8 Å². The minimum Gasteiger partial charge on any atom is -0.392 e. The highest BCUT2D eigenvalue weighted by Crippen LogP contribution is 2.35. The molecule has 0 aromatic heterocycles. The van der Waals surface area contributed by atoms with Gasteiger partial charge in [-0.15, -0.1) is 11.8 Å². The van der Waals surface area contributed by atoms with E-state index in [0.29, 0.717) is 5.92 Å². The number of hydrogen-bond donors (Lipinski definition) is 1. The molecule has 3 atom stereocenters. The molecule has 19 heavy (non-hydrogen) atoms. The summed E-state index contributed by atoms with van der Waals surface area (Å²) >= 11 is 1.79. The van der Waals surface area contributed by atoms with E-state index in [9.17, 15) is 5.11 Å². The Labute approximate surface area is 121 Å². The monoisotopic (exact) mass is 278 g/mol. The zero-order valence-electron chi connectivity index (χ0n) is 12.1. The number of aliphatic hydroxyl groups is 1. The maximum atomic E-state index is 10.6. The van der Waals surface area contributed by atoms with Gasteiger partial charge in [0.05, 0.1) is 6.10 Å². The molecule has 2 rings (SSSR count). The molecule has 1 nitrogen and oxygen atoms in total. The Balaban J connectivity index is 1.88. The number of benzene rings is 1. The SMILES string of the molecule is C[C@H](Sc1ccccc1)[C@H](O)[C@H](C)C1CCCCC1. The molecule has 0 unspecified atom stereocenters. The molecule has 1 aromatic rings. The molecule has 1 N–H and O–H groups in total. The summed E-state index contributed by atoms with van der Waals surface area (Å²) in [5, 5.41) is 10.8. The van der Waals surface area contributed by atoms with E-state index in [-0.39, 0.29) is 11.4 Å². The molecule has 1 aliphatic carbocycles. The summed E-state index contributed by atoms with van der Waals surface area (Å²) in [7, 11) is 0. The fraction of sp³-hybridized carbons (Fsp3) is 0.647. The average Bonchev–Trinajstić information content (AvgIpc) is 2.47. The van der Waals surface area contributed by atoms with E-state index in [2.05, 4.69) is 38.1 Å². The first-order chi connectivity index (χ1) is 9.18. The van der Waals surface area contributed by atoms with Crippen molar-refractivity contribution in [3.05, 3.63) is 30.3 Å². The van der Waals surface area contributed by atoms with Crippen LogP contribution < -0.4 is 0 Å². The predicted octanol–water partition coefficient (Wildman–Crippen LogP) is 4.74. The van der Waals surface area contributed by atoms with Gasteiger partial charge in [0.15, 0.2) is 0 Å².